The number of rotatable bonds is 6. The molecular weight excluding hydrogens is 447 g/mol. The van der Waals surface area contributed by atoms with Gasteiger partial charge in [-0.25, -0.2) is 4.39 Å². The molecule has 168 valence electrons. The van der Waals surface area contributed by atoms with E-state index in [-0.39, 0.29) is 11.5 Å². The second kappa shape index (κ2) is 8.51. The van der Waals surface area contributed by atoms with Crippen LogP contribution in [0.15, 0.2) is 36.4 Å². The zero-order valence-electron chi connectivity index (χ0n) is 16.8. The van der Waals surface area contributed by atoms with E-state index in [1.807, 2.05) is 0 Å². The molecule has 2 aromatic rings. The second-order valence-electron chi connectivity index (χ2n) is 7.84. The van der Waals surface area contributed by atoms with E-state index < -0.39 is 41.3 Å². The molecule has 0 unspecified atom stereocenters. The number of benzene rings is 2. The summed E-state index contributed by atoms with van der Waals surface area (Å²) in [4.78, 5) is -1.37. The molecule has 0 aliphatic carbocycles. The molecule has 9 heteroatoms. The van der Waals surface area contributed by atoms with Gasteiger partial charge in [0.1, 0.15) is 23.9 Å². The highest BCUT2D eigenvalue weighted by molar-refractivity contribution is 8.00. The minimum absolute atomic E-state index is 0.180. The Balaban J connectivity index is 1.68. The molecule has 0 amide bonds. The number of thioether (sulfide) groups is 1. The molecular formula is C22H24ClFO6S. The Morgan fingerprint density at radius 1 is 1.19 bits per heavy atom. The molecule has 2 aliphatic rings. The molecule has 2 fully saturated rings. The third-order valence-corrected chi connectivity index (χ3v) is 7.86. The molecule has 2 aromatic carbocycles. The number of hydrogen-bond donors (Lipinski definition) is 4. The van der Waals surface area contributed by atoms with Gasteiger partial charge < -0.3 is 29.9 Å². The van der Waals surface area contributed by atoms with Crippen molar-refractivity contribution >= 4 is 23.4 Å². The average Bonchev–Trinajstić information content (AvgIpc) is 3.15. The summed E-state index contributed by atoms with van der Waals surface area (Å²) in [5.41, 5.74) is 0.524. The summed E-state index contributed by atoms with van der Waals surface area (Å²) in [6.45, 7) is 1.64. The quantitative estimate of drug-likeness (QED) is 0.513. The Labute approximate surface area is 188 Å². The number of aliphatic hydroxyl groups is 4. The van der Waals surface area contributed by atoms with Gasteiger partial charge in [0.15, 0.2) is 16.5 Å². The number of ether oxygens (including phenoxy) is 2. The molecule has 0 saturated carbocycles. The van der Waals surface area contributed by atoms with E-state index in [2.05, 4.69) is 0 Å². The maximum Gasteiger partial charge on any atom is 0.168 e. The zero-order chi connectivity index (χ0) is 22.4. The fraction of sp³-hybridized carbons (Fsp3) is 0.455. The fourth-order valence-electron chi connectivity index (χ4n) is 4.15. The molecule has 4 N–H and O–H groups in total. The van der Waals surface area contributed by atoms with Gasteiger partial charge in [0, 0.05) is 10.8 Å². The highest BCUT2D eigenvalue weighted by Gasteiger charge is 2.66. The van der Waals surface area contributed by atoms with Crippen molar-refractivity contribution in [2.24, 2.45) is 0 Å². The first kappa shape index (κ1) is 22.8. The Morgan fingerprint density at radius 3 is 2.65 bits per heavy atom. The highest BCUT2D eigenvalue weighted by atomic mass is 35.5. The molecule has 5 atom stereocenters. The third kappa shape index (κ3) is 3.74. The molecule has 0 spiro atoms. The lowest BCUT2D eigenvalue weighted by atomic mass is 9.84. The molecule has 0 radical (unpaired) electrons. The van der Waals surface area contributed by atoms with E-state index in [4.69, 9.17) is 21.1 Å². The number of fused-ring (bicyclic) bond motifs is 2. The SMILES string of the molecule is CCOc1ccc(Cc2cc([C@@]34O[C@@](CO)(CS3)[C@@H](O)[C@H](O)[C@H]4O)ccc2Cl)cc1F. The summed E-state index contributed by atoms with van der Waals surface area (Å²) in [6.07, 6.45) is -4.01. The zero-order valence-corrected chi connectivity index (χ0v) is 18.4. The van der Waals surface area contributed by atoms with Crippen molar-refractivity contribution in [3.8, 4) is 5.75 Å². The van der Waals surface area contributed by atoms with Crippen molar-refractivity contribution < 1.29 is 34.3 Å². The summed E-state index contributed by atoms with van der Waals surface area (Å²) in [7, 11) is 0. The standard InChI is InChI=1S/C22H24ClFO6S/c1-2-29-17-6-3-12(8-16(17)24)7-13-9-14(4-5-15(13)23)22-20(28)18(26)19(27)21(10-25,30-22)11-31-22/h3-6,8-9,18-20,25-28H,2,7,10-11H2,1H3/t18-,19-,20+,21-,22+/m0/s1. The van der Waals surface area contributed by atoms with Crippen molar-refractivity contribution in [2.45, 2.75) is 42.2 Å². The highest BCUT2D eigenvalue weighted by Crippen LogP contribution is 2.57. The minimum atomic E-state index is -1.49. The van der Waals surface area contributed by atoms with Crippen LogP contribution in [0.5, 0.6) is 5.75 Å². The van der Waals surface area contributed by atoms with E-state index in [0.717, 1.165) is 0 Å². The maximum absolute atomic E-state index is 14.3. The van der Waals surface area contributed by atoms with Gasteiger partial charge in [0.25, 0.3) is 0 Å². The fourth-order valence-corrected chi connectivity index (χ4v) is 5.94. The van der Waals surface area contributed by atoms with Gasteiger partial charge in [0.2, 0.25) is 0 Å². The minimum Gasteiger partial charge on any atom is -0.491 e. The van der Waals surface area contributed by atoms with Gasteiger partial charge in [-0.15, -0.1) is 11.8 Å². The molecule has 0 aromatic heterocycles. The predicted octanol–water partition coefficient (Wildman–Crippen LogP) is 2.21. The first-order valence-corrected chi connectivity index (χ1v) is 11.3. The second-order valence-corrected chi connectivity index (χ2v) is 9.43. The third-order valence-electron chi connectivity index (χ3n) is 5.87. The Bertz CT molecular complexity index is 977. The van der Waals surface area contributed by atoms with Crippen molar-refractivity contribution in [2.75, 3.05) is 19.0 Å². The van der Waals surface area contributed by atoms with Crippen LogP contribution in [-0.4, -0.2) is 63.3 Å². The van der Waals surface area contributed by atoms with Crippen molar-refractivity contribution in [3.05, 3.63) is 63.9 Å². The largest absolute Gasteiger partial charge is 0.491 e. The van der Waals surface area contributed by atoms with Gasteiger partial charge >= 0.3 is 0 Å². The van der Waals surface area contributed by atoms with Crippen LogP contribution in [-0.2, 0) is 16.1 Å². The monoisotopic (exact) mass is 470 g/mol. The summed E-state index contributed by atoms with van der Waals surface area (Å²) in [5.74, 6) is -0.0905. The number of halogens is 2. The molecule has 2 aliphatic heterocycles. The number of hydrogen-bond acceptors (Lipinski definition) is 7. The lowest BCUT2D eigenvalue weighted by molar-refractivity contribution is -0.275. The van der Waals surface area contributed by atoms with Crippen LogP contribution >= 0.6 is 23.4 Å². The number of aliphatic hydroxyl groups excluding tert-OH is 4. The summed E-state index contributed by atoms with van der Waals surface area (Å²) in [5, 5.41) is 41.8. The van der Waals surface area contributed by atoms with Crippen LogP contribution in [0.3, 0.4) is 0 Å². The Kier molecular flexibility index (Phi) is 6.26. The van der Waals surface area contributed by atoms with Gasteiger partial charge in [-0.1, -0.05) is 29.8 Å². The van der Waals surface area contributed by atoms with Crippen LogP contribution in [0.2, 0.25) is 5.02 Å². The van der Waals surface area contributed by atoms with E-state index in [1.54, 1.807) is 37.3 Å². The smallest absolute Gasteiger partial charge is 0.168 e. The molecule has 31 heavy (non-hydrogen) atoms. The lowest BCUT2D eigenvalue weighted by Gasteiger charge is -2.47. The van der Waals surface area contributed by atoms with Crippen LogP contribution in [0.25, 0.3) is 0 Å². The Morgan fingerprint density at radius 2 is 1.97 bits per heavy atom. The van der Waals surface area contributed by atoms with E-state index in [0.29, 0.717) is 34.7 Å². The topological polar surface area (TPSA) is 99.4 Å². The van der Waals surface area contributed by atoms with Crippen molar-refractivity contribution in [1.82, 2.24) is 0 Å². The lowest BCUT2D eigenvalue weighted by Crippen LogP contribution is -2.65. The van der Waals surface area contributed by atoms with Gasteiger partial charge in [0.05, 0.1) is 13.2 Å². The van der Waals surface area contributed by atoms with E-state index >= 15 is 0 Å². The molecule has 2 heterocycles. The van der Waals surface area contributed by atoms with Gasteiger partial charge in [-0.2, -0.15) is 0 Å². The first-order chi connectivity index (χ1) is 14.8. The first-order valence-electron chi connectivity index (χ1n) is 9.95. The molecule has 2 bridgehead atoms. The van der Waals surface area contributed by atoms with Crippen LogP contribution < -0.4 is 4.74 Å². The Hall–Kier alpha value is -1.39. The van der Waals surface area contributed by atoms with Gasteiger partial charge in [-0.3, -0.25) is 0 Å². The van der Waals surface area contributed by atoms with E-state index in [1.165, 1.54) is 17.8 Å². The molecule has 6 nitrogen and oxygen atoms in total. The molecule has 2 saturated heterocycles. The maximum atomic E-state index is 14.3. The van der Waals surface area contributed by atoms with Crippen LogP contribution in [0.1, 0.15) is 23.6 Å². The van der Waals surface area contributed by atoms with Gasteiger partial charge in [-0.05, 0) is 48.2 Å². The molecule has 4 rings (SSSR count). The van der Waals surface area contributed by atoms with E-state index in [9.17, 15) is 24.8 Å². The predicted molar refractivity (Wildman–Crippen MR) is 115 cm³/mol. The summed E-state index contributed by atoms with van der Waals surface area (Å²) in [6, 6.07) is 9.78. The average molecular weight is 471 g/mol. The summed E-state index contributed by atoms with van der Waals surface area (Å²) < 4.78 is 25.5. The van der Waals surface area contributed by atoms with Crippen LogP contribution in [0, 0.1) is 5.82 Å². The van der Waals surface area contributed by atoms with Crippen LogP contribution in [0.4, 0.5) is 4.39 Å². The normalized spacial score (nSPS) is 32.3. The van der Waals surface area contributed by atoms with Crippen molar-refractivity contribution in [3.63, 3.8) is 0 Å². The van der Waals surface area contributed by atoms with Crippen molar-refractivity contribution in [1.29, 1.82) is 0 Å². The summed E-state index contributed by atoms with van der Waals surface area (Å²) >= 11 is 7.60.